The molecule has 0 bridgehead atoms. The van der Waals surface area contributed by atoms with Crippen LogP contribution in [0.25, 0.3) is 0 Å². The molecule has 0 fully saturated rings. The van der Waals surface area contributed by atoms with Gasteiger partial charge in [0.1, 0.15) is 11.8 Å². The van der Waals surface area contributed by atoms with E-state index in [1.807, 2.05) is 13.8 Å². The summed E-state index contributed by atoms with van der Waals surface area (Å²) < 4.78 is 29.0. The number of halogens is 2. The van der Waals surface area contributed by atoms with Crippen LogP contribution in [0.1, 0.15) is 32.8 Å². The van der Waals surface area contributed by atoms with Gasteiger partial charge in [-0.1, -0.05) is 13.0 Å². The second-order valence-corrected chi connectivity index (χ2v) is 5.45. The maximum Gasteiger partial charge on any atom is 0.387 e. The third-order valence-corrected chi connectivity index (χ3v) is 3.49. The average Bonchev–Trinajstić information content (AvgIpc) is 2.50. The van der Waals surface area contributed by atoms with E-state index in [1.54, 1.807) is 19.9 Å². The molecule has 0 spiro atoms. The molecule has 8 heteroatoms. The Labute approximate surface area is 139 Å². The van der Waals surface area contributed by atoms with Gasteiger partial charge in [-0.05, 0) is 39.3 Å². The molecule has 0 saturated heterocycles. The van der Waals surface area contributed by atoms with E-state index in [2.05, 4.69) is 20.7 Å². The van der Waals surface area contributed by atoms with Gasteiger partial charge < -0.3 is 20.7 Å². The van der Waals surface area contributed by atoms with Gasteiger partial charge in [-0.3, -0.25) is 4.79 Å². The van der Waals surface area contributed by atoms with Crippen molar-refractivity contribution in [2.75, 3.05) is 5.32 Å². The lowest BCUT2D eigenvalue weighted by Crippen LogP contribution is -2.48. The number of hydrogen-bond donors (Lipinski definition) is 3. The minimum absolute atomic E-state index is 0.00948. The van der Waals surface area contributed by atoms with Crippen LogP contribution in [-0.4, -0.2) is 30.6 Å². The highest BCUT2D eigenvalue weighted by Gasteiger charge is 2.18. The van der Waals surface area contributed by atoms with E-state index < -0.39 is 18.7 Å². The van der Waals surface area contributed by atoms with Crippen molar-refractivity contribution in [2.24, 2.45) is 0 Å². The summed E-state index contributed by atoms with van der Waals surface area (Å²) in [6.07, 6.45) is 0.779. The molecule has 24 heavy (non-hydrogen) atoms. The molecular formula is C16H23F2N3O3. The molecule has 0 radical (unpaired) electrons. The summed E-state index contributed by atoms with van der Waals surface area (Å²) in [6, 6.07) is 3.08. The van der Waals surface area contributed by atoms with Crippen LogP contribution < -0.4 is 20.7 Å². The van der Waals surface area contributed by atoms with Crippen molar-refractivity contribution in [3.05, 3.63) is 23.8 Å². The van der Waals surface area contributed by atoms with Crippen molar-refractivity contribution in [2.45, 2.75) is 52.8 Å². The van der Waals surface area contributed by atoms with Gasteiger partial charge in [0.25, 0.3) is 0 Å². The fourth-order valence-corrected chi connectivity index (χ4v) is 1.86. The summed E-state index contributed by atoms with van der Waals surface area (Å²) in [5.74, 6) is -0.323. The zero-order chi connectivity index (χ0) is 18.3. The van der Waals surface area contributed by atoms with Crippen LogP contribution in [0.15, 0.2) is 18.2 Å². The van der Waals surface area contributed by atoms with Crippen molar-refractivity contribution >= 4 is 17.6 Å². The summed E-state index contributed by atoms with van der Waals surface area (Å²) in [7, 11) is 0. The summed E-state index contributed by atoms with van der Waals surface area (Å²) in [6.45, 7) is 3.96. The maximum atomic E-state index is 12.3. The molecule has 0 heterocycles. The Bertz CT molecular complexity index is 582. The minimum atomic E-state index is -2.95. The molecule has 0 aliphatic heterocycles. The fraction of sp³-hybridized carbons (Fsp3) is 0.500. The molecule has 3 amide bonds. The summed E-state index contributed by atoms with van der Waals surface area (Å²) in [5, 5.41) is 7.77. The van der Waals surface area contributed by atoms with Gasteiger partial charge in [0.2, 0.25) is 5.91 Å². The number of carbonyl (C=O) groups excluding carboxylic acids is 2. The molecule has 1 aromatic rings. The molecule has 0 unspecified atom stereocenters. The lowest BCUT2D eigenvalue weighted by atomic mass is 10.2. The first-order chi connectivity index (χ1) is 11.2. The number of amides is 3. The standard InChI is InChI=1S/C16H23F2N3O3/c1-5-9(2)19-14(22)11(4)20-16(23)21-12-7-6-8-13(10(12)3)24-15(17)18/h6-9,11,15H,5H2,1-4H3,(H,19,22)(H2,20,21,23)/t9-,11-/m0/s1. The Morgan fingerprint density at radius 3 is 2.46 bits per heavy atom. The van der Waals surface area contributed by atoms with Crippen molar-refractivity contribution in [1.29, 1.82) is 0 Å². The first-order valence-corrected chi connectivity index (χ1v) is 7.66. The molecule has 2 atom stereocenters. The Morgan fingerprint density at radius 2 is 1.88 bits per heavy atom. The van der Waals surface area contributed by atoms with Crippen LogP contribution in [-0.2, 0) is 4.79 Å². The number of carbonyl (C=O) groups is 2. The van der Waals surface area contributed by atoms with Gasteiger partial charge in [0, 0.05) is 17.3 Å². The van der Waals surface area contributed by atoms with Crippen LogP contribution in [0.3, 0.4) is 0 Å². The predicted molar refractivity (Wildman–Crippen MR) is 87.3 cm³/mol. The van der Waals surface area contributed by atoms with Gasteiger partial charge >= 0.3 is 12.6 Å². The SMILES string of the molecule is CC[C@H](C)NC(=O)[C@H](C)NC(=O)Nc1cccc(OC(F)F)c1C. The molecule has 0 aromatic heterocycles. The second kappa shape index (κ2) is 9.05. The van der Waals surface area contributed by atoms with Crippen molar-refractivity contribution in [1.82, 2.24) is 10.6 Å². The highest BCUT2D eigenvalue weighted by molar-refractivity contribution is 5.94. The monoisotopic (exact) mass is 343 g/mol. The Balaban J connectivity index is 2.66. The van der Waals surface area contributed by atoms with Crippen LogP contribution in [0, 0.1) is 6.92 Å². The van der Waals surface area contributed by atoms with E-state index in [0.29, 0.717) is 11.3 Å². The molecule has 1 rings (SSSR count). The van der Waals surface area contributed by atoms with Crippen molar-refractivity contribution in [3.63, 3.8) is 0 Å². The number of benzene rings is 1. The van der Waals surface area contributed by atoms with Crippen LogP contribution >= 0.6 is 0 Å². The maximum absolute atomic E-state index is 12.3. The second-order valence-electron chi connectivity index (χ2n) is 5.45. The Morgan fingerprint density at radius 1 is 1.21 bits per heavy atom. The normalized spacial score (nSPS) is 13.1. The molecule has 0 aliphatic rings. The smallest absolute Gasteiger partial charge is 0.387 e. The summed E-state index contributed by atoms with van der Waals surface area (Å²) in [4.78, 5) is 23.9. The lowest BCUT2D eigenvalue weighted by Gasteiger charge is -2.18. The van der Waals surface area contributed by atoms with Crippen molar-refractivity contribution < 1.29 is 23.1 Å². The zero-order valence-corrected chi connectivity index (χ0v) is 14.2. The van der Waals surface area contributed by atoms with Gasteiger partial charge in [-0.15, -0.1) is 0 Å². The highest BCUT2D eigenvalue weighted by atomic mass is 19.3. The Kier molecular flexibility index (Phi) is 7.41. The Hall–Kier alpha value is -2.38. The van der Waals surface area contributed by atoms with E-state index in [0.717, 1.165) is 6.42 Å². The van der Waals surface area contributed by atoms with Gasteiger partial charge in [-0.25, -0.2) is 4.79 Å². The molecule has 1 aromatic carbocycles. The van der Waals surface area contributed by atoms with Crippen LogP contribution in [0.5, 0.6) is 5.75 Å². The molecular weight excluding hydrogens is 320 g/mol. The van der Waals surface area contributed by atoms with E-state index >= 15 is 0 Å². The van der Waals surface area contributed by atoms with E-state index in [1.165, 1.54) is 12.1 Å². The van der Waals surface area contributed by atoms with Gasteiger partial charge in [0.05, 0.1) is 0 Å². The average molecular weight is 343 g/mol. The number of alkyl halides is 2. The lowest BCUT2D eigenvalue weighted by molar-refractivity contribution is -0.123. The van der Waals surface area contributed by atoms with Crippen molar-refractivity contribution in [3.8, 4) is 5.75 Å². The van der Waals surface area contributed by atoms with Crippen LogP contribution in [0.4, 0.5) is 19.3 Å². The molecule has 3 N–H and O–H groups in total. The zero-order valence-electron chi connectivity index (χ0n) is 14.2. The number of nitrogens with one attached hydrogen (secondary N) is 3. The first kappa shape index (κ1) is 19.7. The highest BCUT2D eigenvalue weighted by Crippen LogP contribution is 2.26. The quantitative estimate of drug-likeness (QED) is 0.712. The van der Waals surface area contributed by atoms with Gasteiger partial charge in [-0.2, -0.15) is 8.78 Å². The predicted octanol–water partition coefficient (Wildman–Crippen LogP) is 3.02. The minimum Gasteiger partial charge on any atom is -0.434 e. The van der Waals surface area contributed by atoms with E-state index in [-0.39, 0.29) is 17.7 Å². The number of rotatable bonds is 7. The number of anilines is 1. The topological polar surface area (TPSA) is 79.5 Å². The molecule has 0 saturated carbocycles. The fourth-order valence-electron chi connectivity index (χ4n) is 1.86. The first-order valence-electron chi connectivity index (χ1n) is 7.66. The summed E-state index contributed by atoms with van der Waals surface area (Å²) >= 11 is 0. The molecule has 0 aliphatic carbocycles. The van der Waals surface area contributed by atoms with Gasteiger partial charge in [0.15, 0.2) is 0 Å². The summed E-state index contributed by atoms with van der Waals surface area (Å²) in [5.41, 5.74) is 0.685. The number of hydrogen-bond acceptors (Lipinski definition) is 3. The molecule has 6 nitrogen and oxygen atoms in total. The third-order valence-electron chi connectivity index (χ3n) is 3.49. The molecule has 134 valence electrons. The van der Waals surface area contributed by atoms with E-state index in [4.69, 9.17) is 0 Å². The van der Waals surface area contributed by atoms with Crippen LogP contribution in [0.2, 0.25) is 0 Å². The van der Waals surface area contributed by atoms with E-state index in [9.17, 15) is 18.4 Å². The third kappa shape index (κ3) is 6.02. The number of ether oxygens (including phenoxy) is 1. The largest absolute Gasteiger partial charge is 0.434 e. The number of urea groups is 1.